The summed E-state index contributed by atoms with van der Waals surface area (Å²) in [4.78, 5) is -3.30. The molecule has 1 unspecified atom stereocenters. The highest BCUT2D eigenvalue weighted by molar-refractivity contribution is 9.10. The van der Waals surface area contributed by atoms with E-state index >= 15 is 0 Å². The normalized spacial score (nSPS) is 25.4. The molecule has 0 amide bonds. The van der Waals surface area contributed by atoms with Crippen LogP contribution in [0.1, 0.15) is 17.5 Å². The minimum Gasteiger partial charge on any atom is -0.378 e. The Kier molecular flexibility index (Phi) is 2.68. The molecular formula is C10H8Br2F2O. The van der Waals surface area contributed by atoms with Crippen molar-refractivity contribution in [1.82, 2.24) is 0 Å². The molecule has 1 aromatic rings. The topological polar surface area (TPSA) is 20.2 Å². The fraction of sp³-hybridized carbons (Fsp3) is 0.400. The van der Waals surface area contributed by atoms with Gasteiger partial charge in [-0.2, -0.15) is 8.78 Å². The first-order chi connectivity index (χ1) is 6.86. The van der Waals surface area contributed by atoms with Crippen molar-refractivity contribution in [3.8, 4) is 0 Å². The highest BCUT2D eigenvalue weighted by Gasteiger charge is 2.55. The van der Waals surface area contributed by atoms with Crippen molar-refractivity contribution in [3.05, 3.63) is 33.8 Å². The zero-order chi connectivity index (χ0) is 11.3. The SMILES string of the molecule is OC1(C(F)(F)Br)CCc2c(Br)cccc21. The van der Waals surface area contributed by atoms with Gasteiger partial charge in [-0.1, -0.05) is 28.1 Å². The lowest BCUT2D eigenvalue weighted by Crippen LogP contribution is -2.38. The maximum absolute atomic E-state index is 13.3. The number of benzene rings is 1. The summed E-state index contributed by atoms with van der Waals surface area (Å²) in [5.74, 6) is 0. The molecule has 1 aliphatic carbocycles. The van der Waals surface area contributed by atoms with Crippen LogP contribution in [0.2, 0.25) is 0 Å². The molecule has 0 aliphatic heterocycles. The first kappa shape index (κ1) is 11.5. The van der Waals surface area contributed by atoms with Gasteiger partial charge in [0, 0.05) is 4.47 Å². The summed E-state index contributed by atoms with van der Waals surface area (Å²) in [5, 5.41) is 9.99. The van der Waals surface area contributed by atoms with Crippen LogP contribution in [0.5, 0.6) is 0 Å². The molecule has 0 saturated heterocycles. The minimum absolute atomic E-state index is 0.0309. The monoisotopic (exact) mass is 340 g/mol. The van der Waals surface area contributed by atoms with E-state index in [9.17, 15) is 13.9 Å². The van der Waals surface area contributed by atoms with Crippen molar-refractivity contribution in [2.45, 2.75) is 23.3 Å². The van der Waals surface area contributed by atoms with E-state index in [0.717, 1.165) is 10.0 Å². The van der Waals surface area contributed by atoms with Gasteiger partial charge in [-0.25, -0.2) is 0 Å². The Morgan fingerprint density at radius 2 is 2.07 bits per heavy atom. The Balaban J connectivity index is 2.58. The number of aliphatic hydroxyl groups is 1. The molecule has 5 heteroatoms. The van der Waals surface area contributed by atoms with Gasteiger partial charge in [-0.05, 0) is 46.0 Å². The van der Waals surface area contributed by atoms with Crippen LogP contribution in [0.3, 0.4) is 0 Å². The molecule has 0 aromatic heterocycles. The minimum atomic E-state index is -3.30. The third-order valence-electron chi connectivity index (χ3n) is 2.77. The van der Waals surface area contributed by atoms with Gasteiger partial charge < -0.3 is 5.11 Å². The molecule has 15 heavy (non-hydrogen) atoms. The number of rotatable bonds is 1. The molecule has 0 fully saturated rings. The van der Waals surface area contributed by atoms with Gasteiger partial charge in [-0.3, -0.25) is 0 Å². The van der Waals surface area contributed by atoms with Crippen molar-refractivity contribution in [2.24, 2.45) is 0 Å². The third-order valence-corrected chi connectivity index (χ3v) is 4.17. The summed E-state index contributed by atoms with van der Waals surface area (Å²) in [7, 11) is 0. The third kappa shape index (κ3) is 1.65. The fourth-order valence-electron chi connectivity index (χ4n) is 1.94. The smallest absolute Gasteiger partial charge is 0.333 e. The number of fused-ring (bicyclic) bond motifs is 1. The molecule has 1 atom stereocenters. The second-order valence-corrected chi connectivity index (χ2v) is 5.47. The number of hydrogen-bond donors (Lipinski definition) is 1. The van der Waals surface area contributed by atoms with Gasteiger partial charge in [0.05, 0.1) is 0 Å². The lowest BCUT2D eigenvalue weighted by atomic mass is 9.97. The van der Waals surface area contributed by atoms with Crippen LogP contribution in [0.25, 0.3) is 0 Å². The van der Waals surface area contributed by atoms with Crippen LogP contribution in [-0.4, -0.2) is 9.94 Å². The maximum Gasteiger partial charge on any atom is 0.333 e. The summed E-state index contributed by atoms with van der Waals surface area (Å²) in [6, 6.07) is 4.98. The van der Waals surface area contributed by atoms with Gasteiger partial charge in [0.1, 0.15) is 0 Å². The molecule has 0 radical (unpaired) electrons. The Morgan fingerprint density at radius 1 is 1.40 bits per heavy atom. The molecule has 1 nitrogen and oxygen atoms in total. The highest BCUT2D eigenvalue weighted by Crippen LogP contribution is 2.51. The molecule has 2 rings (SSSR count). The summed E-state index contributed by atoms with van der Waals surface area (Å²) >= 11 is 5.55. The van der Waals surface area contributed by atoms with Crippen molar-refractivity contribution < 1.29 is 13.9 Å². The van der Waals surface area contributed by atoms with Gasteiger partial charge in [-0.15, -0.1) is 0 Å². The zero-order valence-corrected chi connectivity index (χ0v) is 10.8. The van der Waals surface area contributed by atoms with Crippen molar-refractivity contribution in [3.63, 3.8) is 0 Å². The van der Waals surface area contributed by atoms with Crippen LogP contribution in [0.15, 0.2) is 22.7 Å². The van der Waals surface area contributed by atoms with E-state index in [0.29, 0.717) is 12.0 Å². The molecule has 0 spiro atoms. The zero-order valence-electron chi connectivity index (χ0n) is 7.61. The molecule has 82 valence electrons. The molecule has 0 bridgehead atoms. The van der Waals surface area contributed by atoms with E-state index in [4.69, 9.17) is 0 Å². The van der Waals surface area contributed by atoms with Crippen molar-refractivity contribution in [2.75, 3.05) is 0 Å². The number of alkyl halides is 3. The Bertz CT molecular complexity index is 403. The first-order valence-corrected chi connectivity index (χ1v) is 6.02. The summed E-state index contributed by atoms with van der Waals surface area (Å²) in [6.45, 7) is 0. The van der Waals surface area contributed by atoms with Gasteiger partial charge in [0.2, 0.25) is 0 Å². The fourth-order valence-corrected chi connectivity index (χ4v) is 2.91. The lowest BCUT2D eigenvalue weighted by Gasteiger charge is -2.28. The average Bonchev–Trinajstić information content (AvgIpc) is 2.46. The average molecular weight is 342 g/mol. The summed E-state index contributed by atoms with van der Waals surface area (Å²) < 4.78 is 27.3. The summed E-state index contributed by atoms with van der Waals surface area (Å²) in [6.07, 6.45) is 0.484. The first-order valence-electron chi connectivity index (χ1n) is 4.43. The molecule has 1 N–H and O–H groups in total. The largest absolute Gasteiger partial charge is 0.378 e. The van der Waals surface area contributed by atoms with E-state index in [2.05, 4.69) is 31.9 Å². The van der Waals surface area contributed by atoms with Gasteiger partial charge in [0.15, 0.2) is 5.60 Å². The maximum atomic E-state index is 13.3. The highest BCUT2D eigenvalue weighted by atomic mass is 79.9. The van der Waals surface area contributed by atoms with E-state index in [1.54, 1.807) is 18.2 Å². The predicted octanol–water partition coefficient (Wildman–Crippen LogP) is 3.57. The van der Waals surface area contributed by atoms with E-state index < -0.39 is 10.4 Å². The summed E-state index contributed by atoms with van der Waals surface area (Å²) in [5.41, 5.74) is -1.02. The van der Waals surface area contributed by atoms with Gasteiger partial charge in [0.25, 0.3) is 0 Å². The van der Waals surface area contributed by atoms with Crippen LogP contribution >= 0.6 is 31.9 Å². The predicted molar refractivity (Wildman–Crippen MR) is 60.2 cm³/mol. The molecular weight excluding hydrogens is 334 g/mol. The quantitative estimate of drug-likeness (QED) is 0.774. The van der Waals surface area contributed by atoms with Crippen LogP contribution in [0.4, 0.5) is 8.78 Å². The molecule has 0 saturated carbocycles. The molecule has 0 heterocycles. The van der Waals surface area contributed by atoms with E-state index in [1.807, 2.05) is 0 Å². The molecule has 1 aromatic carbocycles. The van der Waals surface area contributed by atoms with E-state index in [-0.39, 0.29) is 6.42 Å². The Labute approximate surface area is 103 Å². The number of halogens is 4. The standard InChI is InChI=1S/C10H8Br2F2O/c11-8-3-1-2-7-6(8)4-5-9(7,15)10(12,13)14/h1-3,15H,4-5H2. The van der Waals surface area contributed by atoms with E-state index in [1.165, 1.54) is 0 Å². The van der Waals surface area contributed by atoms with Crippen LogP contribution in [-0.2, 0) is 12.0 Å². The van der Waals surface area contributed by atoms with Gasteiger partial charge >= 0.3 is 4.83 Å². The lowest BCUT2D eigenvalue weighted by molar-refractivity contribution is -0.120. The van der Waals surface area contributed by atoms with Crippen molar-refractivity contribution in [1.29, 1.82) is 0 Å². The second kappa shape index (κ2) is 3.50. The van der Waals surface area contributed by atoms with Crippen molar-refractivity contribution >= 4 is 31.9 Å². The second-order valence-electron chi connectivity index (χ2n) is 3.62. The Morgan fingerprint density at radius 3 is 2.67 bits per heavy atom. The molecule has 1 aliphatic rings. The number of hydrogen-bond acceptors (Lipinski definition) is 1. The van der Waals surface area contributed by atoms with Crippen LogP contribution in [0, 0.1) is 0 Å². The van der Waals surface area contributed by atoms with Crippen LogP contribution < -0.4 is 0 Å². The Hall–Kier alpha value is -0.000000000000000111.